The normalized spacial score (nSPS) is 9.13. The standard InChI is InChI=1S/C10H9ClO3.Na/c11-8-4-2-1-3-7(8)5-6-9(12)10(13)14;/h1-4H,5-6H2,(H,13,14);/q;+1/p-1. The van der Waals surface area contributed by atoms with Crippen LogP contribution in [0.2, 0.25) is 5.02 Å². The number of aryl methyl sites for hydroxylation is 1. The molecule has 0 unspecified atom stereocenters. The van der Waals surface area contributed by atoms with Gasteiger partial charge in [0.25, 0.3) is 0 Å². The second kappa shape index (κ2) is 7.01. The number of ketones is 1. The summed E-state index contributed by atoms with van der Waals surface area (Å²) in [6, 6.07) is 7.00. The molecule has 5 heteroatoms. The van der Waals surface area contributed by atoms with Gasteiger partial charge < -0.3 is 9.90 Å². The molecule has 0 fully saturated rings. The van der Waals surface area contributed by atoms with Gasteiger partial charge in [0.05, 0.1) is 0 Å². The average Bonchev–Trinajstić information content (AvgIpc) is 2.16. The molecule has 1 rings (SSSR count). The van der Waals surface area contributed by atoms with Crippen LogP contribution in [0.15, 0.2) is 24.3 Å². The van der Waals surface area contributed by atoms with Gasteiger partial charge in [0, 0.05) is 11.4 Å². The van der Waals surface area contributed by atoms with Gasteiger partial charge in [-0.1, -0.05) is 29.8 Å². The molecule has 15 heavy (non-hydrogen) atoms. The zero-order chi connectivity index (χ0) is 10.6. The predicted octanol–water partition coefficient (Wildman–Crippen LogP) is -2.40. The van der Waals surface area contributed by atoms with Crippen LogP contribution < -0.4 is 34.7 Å². The van der Waals surface area contributed by atoms with Crippen LogP contribution in [-0.2, 0) is 16.0 Å². The van der Waals surface area contributed by atoms with E-state index < -0.39 is 11.8 Å². The summed E-state index contributed by atoms with van der Waals surface area (Å²) in [5, 5.41) is 10.7. The molecule has 0 bridgehead atoms. The number of benzene rings is 1. The molecular weight excluding hydrogens is 227 g/mol. The Hall–Kier alpha value is -0.350. The Bertz CT molecular complexity index is 365. The van der Waals surface area contributed by atoms with Crippen molar-refractivity contribution in [1.29, 1.82) is 0 Å². The number of aliphatic carboxylic acids is 1. The van der Waals surface area contributed by atoms with Crippen molar-refractivity contribution in [3.05, 3.63) is 34.9 Å². The number of halogens is 1. The van der Waals surface area contributed by atoms with Crippen molar-refractivity contribution in [3.63, 3.8) is 0 Å². The third-order valence-corrected chi connectivity index (χ3v) is 2.18. The van der Waals surface area contributed by atoms with Crippen molar-refractivity contribution in [2.75, 3.05) is 0 Å². The number of carboxylic acids is 1. The summed E-state index contributed by atoms with van der Waals surface area (Å²) in [5.41, 5.74) is 0.767. The van der Waals surface area contributed by atoms with Crippen LogP contribution >= 0.6 is 11.6 Å². The van der Waals surface area contributed by atoms with E-state index in [2.05, 4.69) is 0 Å². The maximum Gasteiger partial charge on any atom is 1.00 e. The van der Waals surface area contributed by atoms with Crippen LogP contribution in [0, 0.1) is 0 Å². The summed E-state index contributed by atoms with van der Waals surface area (Å²) in [5.74, 6) is -2.54. The summed E-state index contributed by atoms with van der Waals surface area (Å²) in [6.07, 6.45) is 0.249. The predicted molar refractivity (Wildman–Crippen MR) is 49.8 cm³/mol. The van der Waals surface area contributed by atoms with E-state index in [1.165, 1.54) is 0 Å². The van der Waals surface area contributed by atoms with Gasteiger partial charge in [0.2, 0.25) is 0 Å². The summed E-state index contributed by atoms with van der Waals surface area (Å²) >= 11 is 5.81. The largest absolute Gasteiger partial charge is 1.00 e. The Labute approximate surface area is 115 Å². The Morgan fingerprint density at radius 3 is 2.40 bits per heavy atom. The van der Waals surface area contributed by atoms with Gasteiger partial charge in [-0.05, 0) is 18.1 Å². The van der Waals surface area contributed by atoms with Crippen LogP contribution in [0.3, 0.4) is 0 Å². The van der Waals surface area contributed by atoms with E-state index in [4.69, 9.17) is 11.6 Å². The monoisotopic (exact) mass is 234 g/mol. The Kier molecular flexibility index (Phi) is 6.85. The van der Waals surface area contributed by atoms with Gasteiger partial charge in [0.15, 0.2) is 5.78 Å². The fourth-order valence-electron chi connectivity index (χ4n) is 1.05. The molecule has 0 aliphatic rings. The molecule has 74 valence electrons. The van der Waals surface area contributed by atoms with Crippen molar-refractivity contribution in [2.24, 2.45) is 0 Å². The number of carbonyl (C=O) groups excluding carboxylic acids is 2. The second-order valence-corrected chi connectivity index (χ2v) is 3.21. The van der Waals surface area contributed by atoms with Crippen LogP contribution in [0.4, 0.5) is 0 Å². The van der Waals surface area contributed by atoms with Gasteiger partial charge >= 0.3 is 29.6 Å². The van der Waals surface area contributed by atoms with Gasteiger partial charge in [0.1, 0.15) is 5.97 Å². The van der Waals surface area contributed by atoms with Crippen LogP contribution in [0.25, 0.3) is 0 Å². The number of hydrogen-bond acceptors (Lipinski definition) is 3. The van der Waals surface area contributed by atoms with Gasteiger partial charge in [-0.15, -0.1) is 0 Å². The van der Waals surface area contributed by atoms with Crippen LogP contribution in [-0.4, -0.2) is 11.8 Å². The van der Waals surface area contributed by atoms with Crippen molar-refractivity contribution in [3.8, 4) is 0 Å². The van der Waals surface area contributed by atoms with E-state index in [1.807, 2.05) is 0 Å². The fraction of sp³-hybridized carbons (Fsp3) is 0.200. The van der Waals surface area contributed by atoms with Crippen molar-refractivity contribution >= 4 is 23.4 Å². The minimum atomic E-state index is -1.64. The van der Waals surface area contributed by atoms with Gasteiger partial charge in [-0.25, -0.2) is 0 Å². The van der Waals surface area contributed by atoms with Gasteiger partial charge in [-0.2, -0.15) is 0 Å². The molecular formula is C10H8ClNaO3. The van der Waals surface area contributed by atoms with E-state index in [1.54, 1.807) is 24.3 Å². The molecule has 1 aromatic carbocycles. The van der Waals surface area contributed by atoms with Crippen LogP contribution in [0.1, 0.15) is 12.0 Å². The molecule has 0 radical (unpaired) electrons. The molecule has 0 spiro atoms. The first-order valence-electron chi connectivity index (χ1n) is 4.09. The molecule has 0 aliphatic carbocycles. The summed E-state index contributed by atoms with van der Waals surface area (Å²) in [4.78, 5) is 20.8. The molecule has 3 nitrogen and oxygen atoms in total. The van der Waals surface area contributed by atoms with Crippen molar-refractivity contribution in [1.82, 2.24) is 0 Å². The Balaban J connectivity index is 0.00000196. The van der Waals surface area contributed by atoms with Gasteiger partial charge in [-0.3, -0.25) is 4.79 Å². The molecule has 0 aliphatic heterocycles. The van der Waals surface area contributed by atoms with E-state index in [0.717, 1.165) is 5.56 Å². The zero-order valence-electron chi connectivity index (χ0n) is 8.33. The summed E-state index contributed by atoms with van der Waals surface area (Å²) in [7, 11) is 0. The van der Waals surface area contributed by atoms with Crippen molar-refractivity contribution in [2.45, 2.75) is 12.8 Å². The van der Waals surface area contributed by atoms with E-state index in [-0.39, 0.29) is 36.0 Å². The quantitative estimate of drug-likeness (QED) is 0.431. The van der Waals surface area contributed by atoms with Crippen molar-refractivity contribution < 1.29 is 44.3 Å². The number of carboxylic acid groups (broad SMARTS) is 1. The molecule has 1 aromatic rings. The SMILES string of the molecule is O=C([O-])C(=O)CCc1ccccc1Cl.[Na+]. The Morgan fingerprint density at radius 1 is 1.27 bits per heavy atom. The first-order chi connectivity index (χ1) is 6.61. The molecule has 0 N–H and O–H groups in total. The second-order valence-electron chi connectivity index (χ2n) is 2.80. The minimum absolute atomic E-state index is 0. The number of carbonyl (C=O) groups is 2. The molecule has 0 aromatic heterocycles. The summed E-state index contributed by atoms with van der Waals surface area (Å²) in [6.45, 7) is 0. The smallest absolute Gasteiger partial charge is 0.542 e. The average molecular weight is 235 g/mol. The molecule has 0 atom stereocenters. The third kappa shape index (κ3) is 4.80. The summed E-state index contributed by atoms with van der Waals surface area (Å²) < 4.78 is 0. The maximum atomic E-state index is 10.7. The van der Waals surface area contributed by atoms with E-state index in [9.17, 15) is 14.7 Å². The molecule has 0 heterocycles. The van der Waals surface area contributed by atoms with Crippen LogP contribution in [0.5, 0.6) is 0 Å². The van der Waals surface area contributed by atoms with E-state index >= 15 is 0 Å². The zero-order valence-corrected chi connectivity index (χ0v) is 11.1. The fourth-order valence-corrected chi connectivity index (χ4v) is 1.28. The molecule has 0 saturated carbocycles. The first-order valence-corrected chi connectivity index (χ1v) is 4.46. The van der Waals surface area contributed by atoms with E-state index in [0.29, 0.717) is 11.4 Å². The number of Topliss-reactive ketones (excluding diaryl/α,β-unsaturated/α-hetero) is 1. The number of hydrogen-bond donors (Lipinski definition) is 0. The first kappa shape index (κ1) is 14.6. The maximum absolute atomic E-state index is 10.7. The number of rotatable bonds is 4. The molecule has 0 saturated heterocycles. The topological polar surface area (TPSA) is 57.2 Å². The molecule has 0 amide bonds. The Morgan fingerprint density at radius 2 is 1.87 bits per heavy atom. The minimum Gasteiger partial charge on any atom is -0.542 e. The third-order valence-electron chi connectivity index (χ3n) is 1.81.